The van der Waals surface area contributed by atoms with Gasteiger partial charge in [0.1, 0.15) is 0 Å². The van der Waals surface area contributed by atoms with Gasteiger partial charge in [0.05, 0.1) is 11.0 Å². The standard InChI is InChI=1S/C16H15N3OS/c1-10(18-19-16-17-15(20)11(2)21-16)13-8-7-12-5-3-4-6-14(12)9-13/h3-9,11H,1-2H3,(H,17,19,20). The first-order valence-corrected chi connectivity index (χ1v) is 7.60. The average molecular weight is 297 g/mol. The van der Waals surface area contributed by atoms with E-state index in [-0.39, 0.29) is 11.2 Å². The highest BCUT2D eigenvalue weighted by Gasteiger charge is 2.25. The third-order valence-corrected chi connectivity index (χ3v) is 4.32. The molecule has 1 saturated heterocycles. The lowest BCUT2D eigenvalue weighted by atomic mass is 10.0. The third-order valence-electron chi connectivity index (χ3n) is 3.35. The summed E-state index contributed by atoms with van der Waals surface area (Å²) >= 11 is 1.40. The summed E-state index contributed by atoms with van der Waals surface area (Å²) < 4.78 is 0. The first kappa shape index (κ1) is 13.8. The highest BCUT2D eigenvalue weighted by molar-refractivity contribution is 8.15. The van der Waals surface area contributed by atoms with Crippen LogP contribution in [0.25, 0.3) is 10.8 Å². The Kier molecular flexibility index (Phi) is 3.75. The molecule has 3 rings (SSSR count). The minimum atomic E-state index is -0.0973. The summed E-state index contributed by atoms with van der Waals surface area (Å²) in [6.45, 7) is 3.77. The molecule has 1 N–H and O–H groups in total. The van der Waals surface area contributed by atoms with E-state index >= 15 is 0 Å². The minimum absolute atomic E-state index is 0.0164. The van der Waals surface area contributed by atoms with Crippen LogP contribution in [0.3, 0.4) is 0 Å². The van der Waals surface area contributed by atoms with Gasteiger partial charge in [0.2, 0.25) is 5.91 Å². The van der Waals surface area contributed by atoms with Gasteiger partial charge >= 0.3 is 0 Å². The molecule has 4 nitrogen and oxygen atoms in total. The molecule has 1 aliphatic rings. The number of amides is 1. The van der Waals surface area contributed by atoms with Gasteiger partial charge in [0, 0.05) is 0 Å². The van der Waals surface area contributed by atoms with Gasteiger partial charge in [-0.05, 0) is 36.2 Å². The molecule has 0 aromatic heterocycles. The summed E-state index contributed by atoms with van der Waals surface area (Å²) in [6.07, 6.45) is 0. The highest BCUT2D eigenvalue weighted by Crippen LogP contribution is 2.19. The zero-order chi connectivity index (χ0) is 14.8. The Balaban J connectivity index is 1.86. The fourth-order valence-corrected chi connectivity index (χ4v) is 2.85. The van der Waals surface area contributed by atoms with Crippen LogP contribution < -0.4 is 5.32 Å². The molecule has 1 amide bonds. The van der Waals surface area contributed by atoms with E-state index in [1.54, 1.807) is 0 Å². The van der Waals surface area contributed by atoms with Crippen molar-refractivity contribution in [3.8, 4) is 0 Å². The zero-order valence-electron chi connectivity index (χ0n) is 11.8. The van der Waals surface area contributed by atoms with Gasteiger partial charge in [-0.2, -0.15) is 5.10 Å². The Morgan fingerprint density at radius 3 is 2.67 bits per heavy atom. The molecule has 2 aromatic rings. The molecule has 0 radical (unpaired) electrons. The molecule has 0 aliphatic carbocycles. The van der Waals surface area contributed by atoms with E-state index in [1.807, 2.05) is 32.0 Å². The van der Waals surface area contributed by atoms with Crippen molar-refractivity contribution >= 4 is 39.3 Å². The van der Waals surface area contributed by atoms with E-state index in [0.29, 0.717) is 5.17 Å². The maximum Gasteiger partial charge on any atom is 0.239 e. The van der Waals surface area contributed by atoms with Crippen LogP contribution in [0.1, 0.15) is 19.4 Å². The monoisotopic (exact) mass is 297 g/mol. The van der Waals surface area contributed by atoms with Gasteiger partial charge in [0.15, 0.2) is 5.17 Å². The molecule has 1 fully saturated rings. The maximum absolute atomic E-state index is 11.4. The number of hydrogen-bond donors (Lipinski definition) is 1. The summed E-state index contributed by atoms with van der Waals surface area (Å²) in [6, 6.07) is 14.4. The molecule has 1 heterocycles. The van der Waals surface area contributed by atoms with Crippen molar-refractivity contribution in [1.29, 1.82) is 0 Å². The molecule has 21 heavy (non-hydrogen) atoms. The van der Waals surface area contributed by atoms with Crippen LogP contribution in [0.2, 0.25) is 0 Å². The van der Waals surface area contributed by atoms with Gasteiger partial charge in [-0.15, -0.1) is 5.10 Å². The Labute approximate surface area is 127 Å². The topological polar surface area (TPSA) is 53.8 Å². The van der Waals surface area contributed by atoms with Crippen molar-refractivity contribution in [2.45, 2.75) is 19.1 Å². The van der Waals surface area contributed by atoms with Crippen molar-refractivity contribution < 1.29 is 4.79 Å². The van der Waals surface area contributed by atoms with Crippen LogP contribution in [0.4, 0.5) is 0 Å². The van der Waals surface area contributed by atoms with Crippen LogP contribution in [0.15, 0.2) is 52.7 Å². The van der Waals surface area contributed by atoms with Crippen LogP contribution in [0.5, 0.6) is 0 Å². The number of hydrogen-bond acceptors (Lipinski definition) is 4. The zero-order valence-corrected chi connectivity index (χ0v) is 12.6. The van der Waals surface area contributed by atoms with E-state index in [1.165, 1.54) is 22.5 Å². The van der Waals surface area contributed by atoms with Crippen molar-refractivity contribution in [2.75, 3.05) is 0 Å². The molecular formula is C16H15N3OS. The van der Waals surface area contributed by atoms with Gasteiger partial charge in [-0.3, -0.25) is 4.79 Å². The molecule has 1 aliphatic heterocycles. The molecule has 2 aromatic carbocycles. The van der Waals surface area contributed by atoms with Crippen molar-refractivity contribution in [2.24, 2.45) is 10.2 Å². The molecule has 0 bridgehead atoms. The molecule has 5 heteroatoms. The lowest BCUT2D eigenvalue weighted by Crippen LogP contribution is -2.23. The van der Waals surface area contributed by atoms with E-state index in [2.05, 4.69) is 39.8 Å². The number of carbonyl (C=O) groups is 1. The van der Waals surface area contributed by atoms with Crippen LogP contribution in [0, 0.1) is 0 Å². The summed E-state index contributed by atoms with van der Waals surface area (Å²) in [5.41, 5.74) is 1.85. The number of nitrogens with one attached hydrogen (secondary N) is 1. The maximum atomic E-state index is 11.4. The molecular weight excluding hydrogens is 282 g/mol. The van der Waals surface area contributed by atoms with Crippen molar-refractivity contribution in [1.82, 2.24) is 5.32 Å². The summed E-state index contributed by atoms with van der Waals surface area (Å²) in [7, 11) is 0. The Bertz CT molecular complexity index is 767. The second kappa shape index (κ2) is 5.69. The molecule has 0 spiro atoms. The molecule has 106 valence electrons. The van der Waals surface area contributed by atoms with Crippen molar-refractivity contribution in [3.05, 3.63) is 48.0 Å². The van der Waals surface area contributed by atoms with Crippen molar-refractivity contribution in [3.63, 3.8) is 0 Å². The molecule has 1 atom stereocenters. The van der Waals surface area contributed by atoms with Crippen LogP contribution >= 0.6 is 11.8 Å². The van der Waals surface area contributed by atoms with Crippen LogP contribution in [-0.2, 0) is 4.79 Å². The first-order valence-electron chi connectivity index (χ1n) is 6.72. The molecule has 0 saturated carbocycles. The van der Waals surface area contributed by atoms with Gasteiger partial charge in [-0.25, -0.2) is 0 Å². The fourth-order valence-electron chi connectivity index (χ4n) is 2.10. The van der Waals surface area contributed by atoms with Crippen LogP contribution in [-0.4, -0.2) is 22.0 Å². The minimum Gasteiger partial charge on any atom is -0.303 e. The quantitative estimate of drug-likeness (QED) is 0.684. The summed E-state index contributed by atoms with van der Waals surface area (Å²) in [5, 5.41) is 13.9. The second-order valence-corrected chi connectivity index (χ2v) is 6.23. The van der Waals surface area contributed by atoms with Gasteiger partial charge in [0.25, 0.3) is 0 Å². The number of benzene rings is 2. The van der Waals surface area contributed by atoms with E-state index in [0.717, 1.165) is 11.3 Å². The first-order chi connectivity index (χ1) is 10.1. The van der Waals surface area contributed by atoms with Gasteiger partial charge in [-0.1, -0.05) is 48.2 Å². The Hall–Kier alpha value is -2.14. The van der Waals surface area contributed by atoms with E-state index in [4.69, 9.17) is 0 Å². The van der Waals surface area contributed by atoms with E-state index < -0.39 is 0 Å². The number of amidine groups is 1. The fraction of sp³-hybridized carbons (Fsp3) is 0.188. The SMILES string of the molecule is CC(=N/N=C1/NC(=O)C(C)S1)c1ccc2ccccc2c1. The average Bonchev–Trinajstić information content (AvgIpc) is 2.83. The smallest absolute Gasteiger partial charge is 0.239 e. The lowest BCUT2D eigenvalue weighted by Gasteiger charge is -2.02. The van der Waals surface area contributed by atoms with E-state index in [9.17, 15) is 4.79 Å². The van der Waals surface area contributed by atoms with Gasteiger partial charge < -0.3 is 5.32 Å². The summed E-state index contributed by atoms with van der Waals surface area (Å²) in [5.74, 6) is -0.0164. The summed E-state index contributed by atoms with van der Waals surface area (Å²) in [4.78, 5) is 11.4. The lowest BCUT2D eigenvalue weighted by molar-refractivity contribution is -0.118. The second-order valence-electron chi connectivity index (χ2n) is 4.90. The Morgan fingerprint density at radius 2 is 1.95 bits per heavy atom. The molecule has 1 unspecified atom stereocenters. The number of nitrogens with zero attached hydrogens (tertiary/aromatic N) is 2. The Morgan fingerprint density at radius 1 is 1.19 bits per heavy atom. The predicted octanol–water partition coefficient (Wildman–Crippen LogP) is 3.17. The third kappa shape index (κ3) is 2.97. The number of rotatable bonds is 2. The number of fused-ring (bicyclic) bond motifs is 1. The predicted molar refractivity (Wildman–Crippen MR) is 88.8 cm³/mol. The number of carbonyl (C=O) groups excluding carboxylic acids is 1. The highest BCUT2D eigenvalue weighted by atomic mass is 32.2. The number of thioether (sulfide) groups is 1. The largest absolute Gasteiger partial charge is 0.303 e. The normalized spacial score (nSPS) is 21.0.